The quantitative estimate of drug-likeness (QED) is 0.237. The number of aliphatic imine (C=N–C) groups is 1. The molecule has 6 nitrogen and oxygen atoms in total. The molecule has 0 aliphatic carbocycles. The van der Waals surface area contributed by atoms with Crippen molar-refractivity contribution in [3.05, 3.63) is 0 Å². The van der Waals surface area contributed by atoms with Crippen LogP contribution in [0.15, 0.2) is 4.99 Å². The number of piperidine rings is 1. The zero-order chi connectivity index (χ0) is 18.7. The van der Waals surface area contributed by atoms with Crippen LogP contribution in [0.4, 0.5) is 0 Å². The standard InChI is InChI=1S/C21H41N5O.HI/c1-2-22-21(23-10-5-3-6-11-24-12-7-4-8-13-24)26-14-9-20(19-26)25-15-17-27-18-16-25;/h20H,2-19H2,1H3,(H,22,23);1H. The van der Waals surface area contributed by atoms with Gasteiger partial charge in [0.15, 0.2) is 5.96 Å². The molecule has 3 heterocycles. The first-order chi connectivity index (χ1) is 13.4. The number of unbranched alkanes of at least 4 members (excludes halogenated alkanes) is 2. The SMILES string of the molecule is CCNC(=NCCCCCN1CCCCC1)N1CCC(N2CCOCC2)C1.I. The Hall–Kier alpha value is -0.120. The van der Waals surface area contributed by atoms with Crippen LogP contribution in [0.5, 0.6) is 0 Å². The minimum Gasteiger partial charge on any atom is -0.379 e. The van der Waals surface area contributed by atoms with Crippen molar-refractivity contribution in [1.29, 1.82) is 0 Å². The highest BCUT2D eigenvalue weighted by Gasteiger charge is 2.30. The summed E-state index contributed by atoms with van der Waals surface area (Å²) in [6.07, 6.45) is 9.32. The van der Waals surface area contributed by atoms with E-state index in [1.807, 2.05) is 0 Å². The summed E-state index contributed by atoms with van der Waals surface area (Å²) in [5.74, 6) is 1.13. The average Bonchev–Trinajstić information content (AvgIpc) is 3.21. The lowest BCUT2D eigenvalue weighted by Crippen LogP contribution is -2.46. The topological polar surface area (TPSA) is 43.3 Å². The fourth-order valence-corrected chi connectivity index (χ4v) is 4.59. The largest absolute Gasteiger partial charge is 0.379 e. The Morgan fingerprint density at radius 1 is 1.00 bits per heavy atom. The first-order valence-corrected chi connectivity index (χ1v) is 11.4. The number of nitrogens with one attached hydrogen (secondary N) is 1. The maximum Gasteiger partial charge on any atom is 0.193 e. The maximum atomic E-state index is 5.50. The summed E-state index contributed by atoms with van der Waals surface area (Å²) in [5, 5.41) is 3.52. The molecule has 0 aromatic carbocycles. The second-order valence-corrected chi connectivity index (χ2v) is 8.24. The van der Waals surface area contributed by atoms with E-state index in [1.54, 1.807) is 0 Å². The predicted octanol–water partition coefficient (Wildman–Crippen LogP) is 2.63. The third-order valence-electron chi connectivity index (χ3n) is 6.20. The van der Waals surface area contributed by atoms with E-state index < -0.39 is 0 Å². The lowest BCUT2D eigenvalue weighted by Gasteiger charge is -2.32. The van der Waals surface area contributed by atoms with Gasteiger partial charge in [0.2, 0.25) is 0 Å². The zero-order valence-corrected chi connectivity index (χ0v) is 20.2. The molecule has 0 saturated carbocycles. The molecule has 28 heavy (non-hydrogen) atoms. The van der Waals surface area contributed by atoms with E-state index in [9.17, 15) is 0 Å². The van der Waals surface area contributed by atoms with Crippen LogP contribution in [-0.4, -0.2) is 98.8 Å². The third-order valence-corrected chi connectivity index (χ3v) is 6.20. The minimum absolute atomic E-state index is 0. The van der Waals surface area contributed by atoms with Crippen LogP contribution in [-0.2, 0) is 4.74 Å². The van der Waals surface area contributed by atoms with Crippen molar-refractivity contribution in [3.8, 4) is 0 Å². The normalized spacial score (nSPS) is 25.0. The first kappa shape index (κ1) is 24.2. The fourth-order valence-electron chi connectivity index (χ4n) is 4.59. The highest BCUT2D eigenvalue weighted by molar-refractivity contribution is 14.0. The summed E-state index contributed by atoms with van der Waals surface area (Å²) in [6.45, 7) is 14.2. The molecule has 3 aliphatic heterocycles. The van der Waals surface area contributed by atoms with Gasteiger partial charge in [-0.2, -0.15) is 0 Å². The van der Waals surface area contributed by atoms with Gasteiger partial charge in [-0.1, -0.05) is 12.8 Å². The van der Waals surface area contributed by atoms with Crippen molar-refractivity contribution in [2.24, 2.45) is 4.99 Å². The third kappa shape index (κ3) is 7.95. The Balaban J connectivity index is 0.00000280. The molecule has 3 saturated heterocycles. The zero-order valence-electron chi connectivity index (χ0n) is 17.9. The molecule has 3 rings (SSSR count). The molecule has 1 N–H and O–H groups in total. The molecule has 3 aliphatic rings. The number of rotatable bonds is 8. The van der Waals surface area contributed by atoms with Crippen LogP contribution in [0.3, 0.4) is 0 Å². The van der Waals surface area contributed by atoms with Crippen LogP contribution in [0.25, 0.3) is 0 Å². The second kappa shape index (κ2) is 14.0. The number of halogens is 1. The van der Waals surface area contributed by atoms with Gasteiger partial charge in [0.25, 0.3) is 0 Å². The summed E-state index contributed by atoms with van der Waals surface area (Å²) >= 11 is 0. The molecule has 0 amide bonds. The van der Waals surface area contributed by atoms with Gasteiger partial charge >= 0.3 is 0 Å². The van der Waals surface area contributed by atoms with E-state index in [2.05, 4.69) is 26.9 Å². The number of likely N-dealkylation sites (tertiary alicyclic amines) is 2. The van der Waals surface area contributed by atoms with E-state index in [1.165, 1.54) is 64.6 Å². The number of morpholine rings is 1. The molecule has 1 unspecified atom stereocenters. The van der Waals surface area contributed by atoms with Gasteiger partial charge in [-0.3, -0.25) is 9.89 Å². The number of ether oxygens (including phenoxy) is 1. The monoisotopic (exact) mass is 507 g/mol. The van der Waals surface area contributed by atoms with Crippen molar-refractivity contribution < 1.29 is 4.74 Å². The molecule has 0 aromatic heterocycles. The van der Waals surface area contributed by atoms with E-state index in [0.717, 1.165) is 58.4 Å². The smallest absolute Gasteiger partial charge is 0.193 e. The number of nitrogens with zero attached hydrogens (tertiary/aromatic N) is 4. The van der Waals surface area contributed by atoms with Gasteiger partial charge in [0.1, 0.15) is 0 Å². The number of hydrogen-bond donors (Lipinski definition) is 1. The molecule has 1 atom stereocenters. The van der Waals surface area contributed by atoms with Crippen LogP contribution >= 0.6 is 24.0 Å². The summed E-state index contributed by atoms with van der Waals surface area (Å²) in [5.41, 5.74) is 0. The second-order valence-electron chi connectivity index (χ2n) is 8.24. The number of guanidine groups is 1. The molecule has 0 spiro atoms. The van der Waals surface area contributed by atoms with Crippen LogP contribution < -0.4 is 5.32 Å². The van der Waals surface area contributed by atoms with Crippen LogP contribution in [0, 0.1) is 0 Å². The molecular formula is C21H42IN5O. The Morgan fingerprint density at radius 2 is 1.79 bits per heavy atom. The summed E-state index contributed by atoms with van der Waals surface area (Å²) in [6, 6.07) is 0.669. The van der Waals surface area contributed by atoms with Gasteiger partial charge < -0.3 is 19.9 Å². The molecule has 164 valence electrons. The van der Waals surface area contributed by atoms with E-state index in [-0.39, 0.29) is 24.0 Å². The van der Waals surface area contributed by atoms with Gasteiger partial charge in [0.05, 0.1) is 13.2 Å². The predicted molar refractivity (Wildman–Crippen MR) is 128 cm³/mol. The van der Waals surface area contributed by atoms with Crippen LogP contribution in [0.2, 0.25) is 0 Å². The molecule has 3 fully saturated rings. The first-order valence-electron chi connectivity index (χ1n) is 11.4. The van der Waals surface area contributed by atoms with Crippen molar-refractivity contribution >= 4 is 29.9 Å². The lowest BCUT2D eigenvalue weighted by atomic mass is 10.1. The van der Waals surface area contributed by atoms with Crippen molar-refractivity contribution in [2.45, 2.75) is 57.9 Å². The fraction of sp³-hybridized carbons (Fsp3) is 0.952. The van der Waals surface area contributed by atoms with Gasteiger partial charge in [0, 0.05) is 45.3 Å². The van der Waals surface area contributed by atoms with E-state index >= 15 is 0 Å². The summed E-state index contributed by atoms with van der Waals surface area (Å²) in [4.78, 5) is 12.7. The highest BCUT2D eigenvalue weighted by atomic mass is 127. The minimum atomic E-state index is 0. The molecular weight excluding hydrogens is 465 g/mol. The Bertz CT molecular complexity index is 439. The molecule has 0 aromatic rings. The van der Waals surface area contributed by atoms with Gasteiger partial charge in [-0.25, -0.2) is 0 Å². The van der Waals surface area contributed by atoms with Crippen molar-refractivity contribution in [2.75, 3.05) is 72.1 Å². The van der Waals surface area contributed by atoms with Crippen molar-refractivity contribution in [1.82, 2.24) is 20.0 Å². The van der Waals surface area contributed by atoms with Crippen molar-refractivity contribution in [3.63, 3.8) is 0 Å². The number of hydrogen-bond acceptors (Lipinski definition) is 4. The summed E-state index contributed by atoms with van der Waals surface area (Å²) in [7, 11) is 0. The lowest BCUT2D eigenvalue weighted by molar-refractivity contribution is 0.0195. The van der Waals surface area contributed by atoms with E-state index in [0.29, 0.717) is 6.04 Å². The van der Waals surface area contributed by atoms with Gasteiger partial charge in [-0.05, 0) is 58.7 Å². The Kier molecular flexibility index (Phi) is 12.1. The molecule has 7 heteroatoms. The highest BCUT2D eigenvalue weighted by Crippen LogP contribution is 2.17. The molecule has 0 radical (unpaired) electrons. The maximum absolute atomic E-state index is 5.50. The molecule has 0 bridgehead atoms. The Labute approximate surface area is 189 Å². The van der Waals surface area contributed by atoms with Gasteiger partial charge in [-0.15, -0.1) is 24.0 Å². The van der Waals surface area contributed by atoms with E-state index in [4.69, 9.17) is 9.73 Å². The Morgan fingerprint density at radius 3 is 2.54 bits per heavy atom. The summed E-state index contributed by atoms with van der Waals surface area (Å²) < 4.78 is 5.50. The van der Waals surface area contributed by atoms with Crippen LogP contribution in [0.1, 0.15) is 51.9 Å². The average molecular weight is 508 g/mol.